The van der Waals surface area contributed by atoms with Crippen molar-refractivity contribution in [2.24, 2.45) is 0 Å². The van der Waals surface area contributed by atoms with E-state index in [1.54, 1.807) is 0 Å². The Bertz CT molecular complexity index is 380. The van der Waals surface area contributed by atoms with E-state index < -0.39 is 0 Å². The Morgan fingerprint density at radius 2 is 1.89 bits per heavy atom. The van der Waals surface area contributed by atoms with Crippen molar-refractivity contribution in [3.05, 3.63) is 29.8 Å². The van der Waals surface area contributed by atoms with Crippen LogP contribution in [0.4, 0.5) is 5.69 Å². The van der Waals surface area contributed by atoms with E-state index in [1.165, 1.54) is 5.56 Å². The van der Waals surface area contributed by atoms with E-state index in [2.05, 4.69) is 36.5 Å². The number of carbonyl (C=O) groups is 1. The fourth-order valence-electron chi connectivity index (χ4n) is 2.30. The lowest BCUT2D eigenvalue weighted by molar-refractivity contribution is -0.129. The molecule has 0 spiro atoms. The number of anilines is 1. The molecule has 0 unspecified atom stereocenters. The first-order valence-corrected chi connectivity index (χ1v) is 6.90. The van der Waals surface area contributed by atoms with Crippen LogP contribution in [0.25, 0.3) is 0 Å². The van der Waals surface area contributed by atoms with Crippen molar-refractivity contribution in [1.29, 1.82) is 0 Å². The van der Waals surface area contributed by atoms with E-state index in [-0.39, 0.29) is 5.91 Å². The molecule has 0 bridgehead atoms. The van der Waals surface area contributed by atoms with Crippen LogP contribution >= 0.6 is 0 Å². The van der Waals surface area contributed by atoms with Crippen LogP contribution in [0.2, 0.25) is 0 Å². The monoisotopic (exact) mass is 246 g/mol. The molecule has 1 heterocycles. The summed E-state index contributed by atoms with van der Waals surface area (Å²) in [7, 11) is 0. The lowest BCUT2D eigenvalue weighted by Gasteiger charge is -2.15. The van der Waals surface area contributed by atoms with Gasteiger partial charge in [0.05, 0.1) is 0 Å². The van der Waals surface area contributed by atoms with Crippen molar-refractivity contribution >= 4 is 11.6 Å². The van der Waals surface area contributed by atoms with Crippen molar-refractivity contribution in [2.75, 3.05) is 25.0 Å². The first kappa shape index (κ1) is 12.9. The highest BCUT2D eigenvalue weighted by Crippen LogP contribution is 2.11. The number of nitrogens with zero attached hydrogens (tertiary/aromatic N) is 1. The standard InChI is InChI=1S/C15H22N2O/c1-2-13-5-7-14(8-6-13)16-10-9-15(18)17-11-3-4-12-17/h5-8,16H,2-4,9-12H2,1H3. The molecule has 18 heavy (non-hydrogen) atoms. The second-order valence-corrected chi connectivity index (χ2v) is 4.82. The fourth-order valence-corrected chi connectivity index (χ4v) is 2.30. The molecular weight excluding hydrogens is 224 g/mol. The molecule has 3 heteroatoms. The zero-order valence-corrected chi connectivity index (χ0v) is 11.1. The number of hydrogen-bond acceptors (Lipinski definition) is 2. The Kier molecular flexibility index (Phi) is 4.62. The van der Waals surface area contributed by atoms with Gasteiger partial charge in [-0.1, -0.05) is 19.1 Å². The Morgan fingerprint density at radius 1 is 1.22 bits per heavy atom. The topological polar surface area (TPSA) is 32.3 Å². The molecule has 98 valence electrons. The highest BCUT2D eigenvalue weighted by molar-refractivity contribution is 5.77. The van der Waals surface area contributed by atoms with Crippen LogP contribution in [0.1, 0.15) is 31.7 Å². The Balaban J connectivity index is 1.72. The maximum Gasteiger partial charge on any atom is 0.224 e. The predicted molar refractivity (Wildman–Crippen MR) is 74.7 cm³/mol. The molecule has 1 N–H and O–H groups in total. The van der Waals surface area contributed by atoms with Gasteiger partial charge < -0.3 is 10.2 Å². The van der Waals surface area contributed by atoms with Crippen molar-refractivity contribution in [1.82, 2.24) is 4.90 Å². The minimum atomic E-state index is 0.283. The summed E-state index contributed by atoms with van der Waals surface area (Å²) in [5, 5.41) is 3.30. The molecule has 1 aliphatic heterocycles. The second-order valence-electron chi connectivity index (χ2n) is 4.82. The van der Waals surface area contributed by atoms with Crippen LogP contribution in [0, 0.1) is 0 Å². The third-order valence-corrected chi connectivity index (χ3v) is 3.49. The Morgan fingerprint density at radius 3 is 2.50 bits per heavy atom. The molecule has 0 saturated carbocycles. The number of nitrogens with one attached hydrogen (secondary N) is 1. The van der Waals surface area contributed by atoms with Gasteiger partial charge in [-0.2, -0.15) is 0 Å². The lowest BCUT2D eigenvalue weighted by atomic mass is 10.1. The van der Waals surface area contributed by atoms with Gasteiger partial charge in [0, 0.05) is 31.7 Å². The summed E-state index contributed by atoms with van der Waals surface area (Å²) < 4.78 is 0. The molecule has 1 amide bonds. The van der Waals surface area contributed by atoms with E-state index in [1.807, 2.05) is 4.90 Å². The third-order valence-electron chi connectivity index (χ3n) is 3.49. The predicted octanol–water partition coefficient (Wildman–Crippen LogP) is 2.67. The average molecular weight is 246 g/mol. The molecule has 1 aromatic rings. The summed E-state index contributed by atoms with van der Waals surface area (Å²) in [6.07, 6.45) is 3.98. The average Bonchev–Trinajstić information content (AvgIpc) is 2.93. The Labute approximate surface area is 109 Å². The van der Waals surface area contributed by atoms with Crippen LogP contribution < -0.4 is 5.32 Å². The minimum absolute atomic E-state index is 0.283. The molecule has 0 atom stereocenters. The van der Waals surface area contributed by atoms with E-state index >= 15 is 0 Å². The summed E-state index contributed by atoms with van der Waals surface area (Å²) >= 11 is 0. The van der Waals surface area contributed by atoms with Crippen molar-refractivity contribution in [3.63, 3.8) is 0 Å². The van der Waals surface area contributed by atoms with Crippen LogP contribution in [0.15, 0.2) is 24.3 Å². The summed E-state index contributed by atoms with van der Waals surface area (Å²) in [6.45, 7) is 4.77. The van der Waals surface area contributed by atoms with Crippen molar-refractivity contribution < 1.29 is 4.79 Å². The number of benzene rings is 1. The molecule has 1 aromatic carbocycles. The second kappa shape index (κ2) is 6.43. The summed E-state index contributed by atoms with van der Waals surface area (Å²) in [5.74, 6) is 0.283. The van der Waals surface area contributed by atoms with E-state index in [9.17, 15) is 4.79 Å². The molecule has 0 radical (unpaired) electrons. The van der Waals surface area contributed by atoms with Gasteiger partial charge in [0.15, 0.2) is 0 Å². The van der Waals surface area contributed by atoms with E-state index in [4.69, 9.17) is 0 Å². The van der Waals surface area contributed by atoms with Crippen molar-refractivity contribution in [3.8, 4) is 0 Å². The number of carbonyl (C=O) groups excluding carboxylic acids is 1. The van der Waals surface area contributed by atoms with Gasteiger partial charge in [0.1, 0.15) is 0 Å². The first-order chi connectivity index (χ1) is 8.79. The smallest absolute Gasteiger partial charge is 0.224 e. The normalized spacial score (nSPS) is 14.8. The lowest BCUT2D eigenvalue weighted by Crippen LogP contribution is -2.29. The molecule has 1 fully saturated rings. The largest absolute Gasteiger partial charge is 0.385 e. The van der Waals surface area contributed by atoms with Gasteiger partial charge in [0.25, 0.3) is 0 Å². The van der Waals surface area contributed by atoms with E-state index in [0.29, 0.717) is 6.42 Å². The third kappa shape index (κ3) is 3.49. The van der Waals surface area contributed by atoms with Gasteiger partial charge in [-0.3, -0.25) is 4.79 Å². The minimum Gasteiger partial charge on any atom is -0.385 e. The zero-order chi connectivity index (χ0) is 12.8. The molecular formula is C15H22N2O. The molecule has 0 aliphatic carbocycles. The van der Waals surface area contributed by atoms with Crippen LogP contribution in [0.5, 0.6) is 0 Å². The highest BCUT2D eigenvalue weighted by Gasteiger charge is 2.16. The SMILES string of the molecule is CCc1ccc(NCCC(=O)N2CCCC2)cc1. The number of aryl methyl sites for hydroxylation is 1. The van der Waals surface area contributed by atoms with E-state index in [0.717, 1.165) is 44.6 Å². The molecule has 1 saturated heterocycles. The van der Waals surface area contributed by atoms with Crippen LogP contribution in [-0.2, 0) is 11.2 Å². The van der Waals surface area contributed by atoms with Gasteiger partial charge in [-0.15, -0.1) is 0 Å². The number of rotatable bonds is 5. The summed E-state index contributed by atoms with van der Waals surface area (Å²) in [6, 6.07) is 8.42. The number of likely N-dealkylation sites (tertiary alicyclic amines) is 1. The number of amides is 1. The van der Waals surface area contributed by atoms with Crippen LogP contribution in [-0.4, -0.2) is 30.4 Å². The van der Waals surface area contributed by atoms with Gasteiger partial charge in [-0.05, 0) is 37.0 Å². The summed E-state index contributed by atoms with van der Waals surface area (Å²) in [4.78, 5) is 13.8. The van der Waals surface area contributed by atoms with Gasteiger partial charge >= 0.3 is 0 Å². The maximum absolute atomic E-state index is 11.8. The molecule has 0 aromatic heterocycles. The summed E-state index contributed by atoms with van der Waals surface area (Å²) in [5.41, 5.74) is 2.44. The van der Waals surface area contributed by atoms with Crippen LogP contribution in [0.3, 0.4) is 0 Å². The quantitative estimate of drug-likeness (QED) is 0.866. The molecule has 3 nitrogen and oxygen atoms in total. The zero-order valence-electron chi connectivity index (χ0n) is 11.1. The first-order valence-electron chi connectivity index (χ1n) is 6.90. The molecule has 1 aliphatic rings. The van der Waals surface area contributed by atoms with Gasteiger partial charge in [-0.25, -0.2) is 0 Å². The fraction of sp³-hybridized carbons (Fsp3) is 0.533. The molecule has 2 rings (SSSR count). The Hall–Kier alpha value is -1.51. The van der Waals surface area contributed by atoms with Crippen molar-refractivity contribution in [2.45, 2.75) is 32.6 Å². The highest BCUT2D eigenvalue weighted by atomic mass is 16.2. The van der Waals surface area contributed by atoms with Gasteiger partial charge in [0.2, 0.25) is 5.91 Å². The maximum atomic E-state index is 11.8. The number of hydrogen-bond donors (Lipinski definition) is 1.